The average molecular weight is 549 g/mol. The molecule has 1 aliphatic heterocycles. The minimum absolute atomic E-state index is 0.188. The maximum absolute atomic E-state index is 14.6. The van der Waals surface area contributed by atoms with E-state index in [-0.39, 0.29) is 18.5 Å². The Kier molecular flexibility index (Phi) is 8.49. The fourth-order valence-electron chi connectivity index (χ4n) is 5.60. The van der Waals surface area contributed by atoms with Gasteiger partial charge in [0.2, 0.25) is 0 Å². The molecule has 2 aliphatic carbocycles. The molecule has 210 valence electrons. The summed E-state index contributed by atoms with van der Waals surface area (Å²) in [5.74, 6) is 0.186. The van der Waals surface area contributed by atoms with E-state index in [1.165, 1.54) is 12.1 Å². The molecular formula is C32H33FO7. The van der Waals surface area contributed by atoms with Gasteiger partial charge in [0.1, 0.15) is 36.1 Å². The van der Waals surface area contributed by atoms with Crippen molar-refractivity contribution in [2.45, 2.75) is 25.0 Å². The zero-order chi connectivity index (χ0) is 28.2. The van der Waals surface area contributed by atoms with Crippen molar-refractivity contribution in [1.82, 2.24) is 0 Å². The number of benzene rings is 2. The Morgan fingerprint density at radius 3 is 2.52 bits per heavy atom. The van der Waals surface area contributed by atoms with Crippen LogP contribution in [0.15, 0.2) is 83.2 Å². The van der Waals surface area contributed by atoms with Crippen LogP contribution in [0, 0.1) is 11.7 Å². The Morgan fingerprint density at radius 2 is 1.82 bits per heavy atom. The van der Waals surface area contributed by atoms with Gasteiger partial charge in [0, 0.05) is 27.4 Å². The Hall–Kier alpha value is -3.72. The molecule has 0 N–H and O–H groups in total. The van der Waals surface area contributed by atoms with E-state index >= 15 is 0 Å². The molecule has 2 aromatic carbocycles. The molecule has 1 saturated heterocycles. The molecule has 5 rings (SSSR count). The highest BCUT2D eigenvalue weighted by atomic mass is 19.1. The van der Waals surface area contributed by atoms with E-state index in [0.717, 1.165) is 39.2 Å². The highest BCUT2D eigenvalue weighted by Gasteiger charge is 2.39. The van der Waals surface area contributed by atoms with E-state index in [1.54, 1.807) is 40.8 Å². The van der Waals surface area contributed by atoms with Crippen LogP contribution in [0.1, 0.15) is 30.1 Å². The normalized spacial score (nSPS) is 20.8. The third-order valence-electron chi connectivity index (χ3n) is 7.55. The van der Waals surface area contributed by atoms with Gasteiger partial charge in [-0.05, 0) is 70.5 Å². The number of carbonyl (C=O) groups excluding carboxylic acids is 1. The quantitative estimate of drug-likeness (QED) is 0.277. The number of allylic oxidation sites excluding steroid dienone is 6. The van der Waals surface area contributed by atoms with Gasteiger partial charge in [-0.25, -0.2) is 4.39 Å². The molecule has 1 heterocycles. The summed E-state index contributed by atoms with van der Waals surface area (Å²) in [4.78, 5) is 12.6. The number of methoxy groups -OCH3 is 4. The molecular weight excluding hydrogens is 515 g/mol. The van der Waals surface area contributed by atoms with Crippen LogP contribution in [0.3, 0.4) is 0 Å². The summed E-state index contributed by atoms with van der Waals surface area (Å²) in [6.45, 7) is 0.594. The SMILES string of the molecule is COC[C@@H](OC)[C@@H](OC)c1cc(F)cc(OC=C2C=CC3=C(C2)CC2C(=O)OCC2=C3c2ccc(OC)cc2)c1. The van der Waals surface area contributed by atoms with Crippen molar-refractivity contribution in [1.29, 1.82) is 0 Å². The van der Waals surface area contributed by atoms with Crippen LogP contribution in [0.2, 0.25) is 0 Å². The van der Waals surface area contributed by atoms with Gasteiger partial charge in [0.25, 0.3) is 0 Å². The van der Waals surface area contributed by atoms with Gasteiger partial charge >= 0.3 is 5.97 Å². The summed E-state index contributed by atoms with van der Waals surface area (Å²) < 4.78 is 47.6. The van der Waals surface area contributed by atoms with Gasteiger partial charge < -0.3 is 28.4 Å². The van der Waals surface area contributed by atoms with E-state index in [2.05, 4.69) is 6.08 Å². The number of hydrogen-bond acceptors (Lipinski definition) is 7. The zero-order valence-corrected chi connectivity index (χ0v) is 23.1. The second-order valence-electron chi connectivity index (χ2n) is 9.94. The monoisotopic (exact) mass is 548 g/mol. The standard InChI is InChI=1S/C32H33FO7/c1-35-18-29(37-3)31(38-4)22-12-23(33)15-25(13-22)39-16-19-5-10-26-21(11-19)14-27-28(17-40-32(27)34)30(26)20-6-8-24(36-2)9-7-20/h5-10,12-13,15-16,27,29,31H,11,14,17-18H2,1-4H3/t27?,29-,31+/m1/s1. The van der Waals surface area contributed by atoms with E-state index < -0.39 is 18.0 Å². The van der Waals surface area contributed by atoms with Gasteiger partial charge in [0.15, 0.2) is 0 Å². The molecule has 1 unspecified atom stereocenters. The molecule has 40 heavy (non-hydrogen) atoms. The van der Waals surface area contributed by atoms with Crippen LogP contribution in [-0.4, -0.2) is 53.7 Å². The highest BCUT2D eigenvalue weighted by molar-refractivity contribution is 5.94. The third-order valence-corrected chi connectivity index (χ3v) is 7.55. The fraction of sp³-hybridized carbons (Fsp3) is 0.344. The smallest absolute Gasteiger partial charge is 0.313 e. The topological polar surface area (TPSA) is 72.5 Å². The number of halogens is 1. The highest BCUT2D eigenvalue weighted by Crippen LogP contribution is 2.47. The molecule has 0 spiro atoms. The summed E-state index contributed by atoms with van der Waals surface area (Å²) in [6, 6.07) is 12.3. The lowest BCUT2D eigenvalue weighted by Gasteiger charge is -2.28. The molecule has 0 aromatic heterocycles. The Labute approximate surface area is 233 Å². The lowest BCUT2D eigenvalue weighted by Crippen LogP contribution is -2.27. The van der Waals surface area contributed by atoms with Crippen LogP contribution in [0.25, 0.3) is 5.57 Å². The van der Waals surface area contributed by atoms with E-state index in [9.17, 15) is 9.18 Å². The average Bonchev–Trinajstić information content (AvgIpc) is 3.34. The van der Waals surface area contributed by atoms with Crippen molar-refractivity contribution < 1.29 is 37.6 Å². The number of esters is 1. The summed E-state index contributed by atoms with van der Waals surface area (Å²) in [5.41, 5.74) is 6.81. The van der Waals surface area contributed by atoms with Crippen LogP contribution in [0.5, 0.6) is 11.5 Å². The van der Waals surface area contributed by atoms with Gasteiger partial charge in [-0.3, -0.25) is 4.79 Å². The first-order valence-corrected chi connectivity index (χ1v) is 13.1. The lowest BCUT2D eigenvalue weighted by atomic mass is 9.74. The van der Waals surface area contributed by atoms with Gasteiger partial charge in [-0.1, -0.05) is 29.9 Å². The lowest BCUT2D eigenvalue weighted by molar-refractivity contribution is -0.141. The van der Waals surface area contributed by atoms with Crippen molar-refractivity contribution in [3.63, 3.8) is 0 Å². The van der Waals surface area contributed by atoms with Crippen LogP contribution >= 0.6 is 0 Å². The molecule has 0 bridgehead atoms. The Bertz CT molecular complexity index is 1390. The van der Waals surface area contributed by atoms with Crippen molar-refractivity contribution in [3.05, 3.63) is 100 Å². The molecule has 8 heteroatoms. The van der Waals surface area contributed by atoms with Crippen LogP contribution < -0.4 is 9.47 Å². The molecule has 0 radical (unpaired) electrons. The number of carbonyl (C=O) groups is 1. The third kappa shape index (κ3) is 5.61. The maximum atomic E-state index is 14.6. The first kappa shape index (κ1) is 27.8. The summed E-state index contributed by atoms with van der Waals surface area (Å²) in [6.07, 6.45) is 5.94. The Morgan fingerprint density at radius 1 is 1.02 bits per heavy atom. The first-order chi connectivity index (χ1) is 19.4. The van der Waals surface area contributed by atoms with Crippen molar-refractivity contribution in [2.24, 2.45) is 5.92 Å². The first-order valence-electron chi connectivity index (χ1n) is 13.1. The number of cyclic esters (lactones) is 1. The molecule has 2 aromatic rings. The maximum Gasteiger partial charge on any atom is 0.313 e. The van der Waals surface area contributed by atoms with Gasteiger partial charge in [0.05, 0.1) is 25.9 Å². The predicted molar refractivity (Wildman–Crippen MR) is 147 cm³/mol. The molecule has 1 fully saturated rings. The minimum atomic E-state index is -0.538. The summed E-state index contributed by atoms with van der Waals surface area (Å²) >= 11 is 0. The fourth-order valence-corrected chi connectivity index (χ4v) is 5.60. The van der Waals surface area contributed by atoms with E-state index in [1.807, 2.05) is 30.3 Å². The van der Waals surface area contributed by atoms with E-state index in [0.29, 0.717) is 30.8 Å². The number of ether oxygens (including phenoxy) is 6. The largest absolute Gasteiger partial charge is 0.497 e. The van der Waals surface area contributed by atoms with Crippen molar-refractivity contribution >= 4 is 11.5 Å². The molecule has 3 aliphatic rings. The zero-order valence-electron chi connectivity index (χ0n) is 23.1. The molecule has 0 amide bonds. The van der Waals surface area contributed by atoms with Gasteiger partial charge in [-0.2, -0.15) is 0 Å². The van der Waals surface area contributed by atoms with E-state index in [4.69, 9.17) is 28.4 Å². The second kappa shape index (κ2) is 12.2. The summed E-state index contributed by atoms with van der Waals surface area (Å²) in [7, 11) is 6.31. The van der Waals surface area contributed by atoms with Crippen LogP contribution in [-0.2, 0) is 23.7 Å². The number of rotatable bonds is 10. The number of hydrogen-bond donors (Lipinski definition) is 0. The molecule has 3 atom stereocenters. The number of fused-ring (bicyclic) bond motifs is 1. The Balaban J connectivity index is 1.39. The van der Waals surface area contributed by atoms with Crippen molar-refractivity contribution in [3.8, 4) is 11.5 Å². The molecule has 0 saturated carbocycles. The second-order valence-corrected chi connectivity index (χ2v) is 9.94. The van der Waals surface area contributed by atoms with Crippen LogP contribution in [0.4, 0.5) is 4.39 Å². The molecule has 7 nitrogen and oxygen atoms in total. The minimum Gasteiger partial charge on any atom is -0.497 e. The van der Waals surface area contributed by atoms with Gasteiger partial charge in [-0.15, -0.1) is 0 Å². The van der Waals surface area contributed by atoms with Crippen molar-refractivity contribution in [2.75, 3.05) is 41.7 Å². The summed E-state index contributed by atoms with van der Waals surface area (Å²) in [5, 5.41) is 0. The predicted octanol–water partition coefficient (Wildman–Crippen LogP) is 5.73.